The summed E-state index contributed by atoms with van der Waals surface area (Å²) in [6.07, 6.45) is 0. The predicted molar refractivity (Wildman–Crippen MR) is 108 cm³/mol. The van der Waals surface area contributed by atoms with Gasteiger partial charge in [-0.2, -0.15) is 0 Å². The van der Waals surface area contributed by atoms with E-state index in [4.69, 9.17) is 0 Å². The van der Waals surface area contributed by atoms with Crippen LogP contribution >= 0.6 is 0 Å². The van der Waals surface area contributed by atoms with Gasteiger partial charge in [0, 0.05) is 23.5 Å². The van der Waals surface area contributed by atoms with Crippen molar-refractivity contribution in [3.05, 3.63) is 88.5 Å². The molecule has 1 aliphatic heterocycles. The van der Waals surface area contributed by atoms with Crippen molar-refractivity contribution in [2.75, 3.05) is 6.54 Å². The van der Waals surface area contributed by atoms with Crippen molar-refractivity contribution in [1.82, 2.24) is 8.87 Å². The van der Waals surface area contributed by atoms with Crippen molar-refractivity contribution in [3.8, 4) is 0 Å². The summed E-state index contributed by atoms with van der Waals surface area (Å²) in [5, 5.41) is 0. The van der Waals surface area contributed by atoms with Gasteiger partial charge in [-0.05, 0) is 49.7 Å². The quantitative estimate of drug-likeness (QED) is 0.587. The van der Waals surface area contributed by atoms with Gasteiger partial charge in [0.05, 0.1) is 5.56 Å². The molecule has 0 spiro atoms. The van der Waals surface area contributed by atoms with Crippen LogP contribution in [0.4, 0.5) is 4.39 Å². The van der Waals surface area contributed by atoms with E-state index in [1.165, 1.54) is 30.3 Å². The molecule has 154 valence electrons. The van der Waals surface area contributed by atoms with Crippen LogP contribution < -0.4 is 0 Å². The molecule has 0 aliphatic carbocycles. The molecule has 0 saturated carbocycles. The third-order valence-electron chi connectivity index (χ3n) is 5.33. The number of carbonyl (C=O) groups excluding carboxylic acids is 2. The molecule has 0 bridgehead atoms. The van der Waals surface area contributed by atoms with Crippen LogP contribution in [0.25, 0.3) is 0 Å². The Labute approximate surface area is 173 Å². The standard InChI is InChI=1S/C22H19FN2O4S/c1-14-11-19(15(2)24(14)12-16-7-9-17(23)10-8-16)20(26)13-25-22(27)18-5-3-4-6-21(18)30(25,28)29/h3-11H,12-13H2,1-2H3. The highest BCUT2D eigenvalue weighted by Crippen LogP contribution is 2.30. The van der Waals surface area contributed by atoms with E-state index in [1.54, 1.807) is 31.2 Å². The molecule has 0 saturated heterocycles. The van der Waals surface area contributed by atoms with Crippen LogP contribution in [0.5, 0.6) is 0 Å². The fourth-order valence-corrected chi connectivity index (χ4v) is 5.23. The molecule has 1 aromatic heterocycles. The normalized spacial score (nSPS) is 14.8. The van der Waals surface area contributed by atoms with Crippen molar-refractivity contribution in [1.29, 1.82) is 0 Å². The number of fused-ring (bicyclic) bond motifs is 1. The number of amides is 1. The van der Waals surface area contributed by atoms with Gasteiger partial charge in [0.15, 0.2) is 5.78 Å². The Hall–Kier alpha value is -3.26. The highest BCUT2D eigenvalue weighted by Gasteiger charge is 2.42. The number of aromatic nitrogens is 1. The monoisotopic (exact) mass is 426 g/mol. The highest BCUT2D eigenvalue weighted by atomic mass is 32.2. The summed E-state index contributed by atoms with van der Waals surface area (Å²) in [7, 11) is -4.05. The molecule has 0 radical (unpaired) electrons. The molecule has 1 aliphatic rings. The zero-order valence-corrected chi connectivity index (χ0v) is 17.2. The molecule has 8 heteroatoms. The van der Waals surface area contributed by atoms with Gasteiger partial charge < -0.3 is 4.57 Å². The van der Waals surface area contributed by atoms with Crippen LogP contribution in [0.1, 0.15) is 37.7 Å². The third kappa shape index (κ3) is 3.23. The van der Waals surface area contributed by atoms with Gasteiger partial charge in [-0.1, -0.05) is 24.3 Å². The van der Waals surface area contributed by atoms with Crippen molar-refractivity contribution in [2.45, 2.75) is 25.3 Å². The van der Waals surface area contributed by atoms with Crippen molar-refractivity contribution in [3.63, 3.8) is 0 Å². The number of halogens is 1. The number of sulfonamides is 1. The first-order valence-corrected chi connectivity index (χ1v) is 10.7. The highest BCUT2D eigenvalue weighted by molar-refractivity contribution is 7.90. The zero-order chi connectivity index (χ0) is 21.6. The lowest BCUT2D eigenvalue weighted by atomic mass is 10.1. The van der Waals surface area contributed by atoms with E-state index in [9.17, 15) is 22.4 Å². The lowest BCUT2D eigenvalue weighted by Gasteiger charge is -2.14. The van der Waals surface area contributed by atoms with Gasteiger partial charge in [-0.15, -0.1) is 0 Å². The first kappa shape index (κ1) is 20.0. The number of hydrogen-bond acceptors (Lipinski definition) is 4. The van der Waals surface area contributed by atoms with E-state index in [1.807, 2.05) is 11.5 Å². The van der Waals surface area contributed by atoms with Gasteiger partial charge in [-0.3, -0.25) is 9.59 Å². The Bertz CT molecular complexity index is 1280. The molecule has 30 heavy (non-hydrogen) atoms. The lowest BCUT2D eigenvalue weighted by molar-refractivity contribution is 0.0820. The summed E-state index contributed by atoms with van der Waals surface area (Å²) in [4.78, 5) is 25.4. The van der Waals surface area contributed by atoms with E-state index < -0.39 is 28.3 Å². The molecule has 6 nitrogen and oxygen atoms in total. The van der Waals surface area contributed by atoms with Crippen LogP contribution in [-0.4, -0.2) is 35.5 Å². The maximum atomic E-state index is 13.1. The molecular weight excluding hydrogens is 407 g/mol. The second-order valence-electron chi connectivity index (χ2n) is 7.23. The summed E-state index contributed by atoms with van der Waals surface area (Å²) < 4.78 is 41.1. The molecule has 4 rings (SSSR count). The summed E-state index contributed by atoms with van der Waals surface area (Å²) in [6, 6.07) is 13.7. The Kier molecular flexibility index (Phi) is 4.82. The Morgan fingerprint density at radius 2 is 1.70 bits per heavy atom. The van der Waals surface area contributed by atoms with Crippen LogP contribution in [0.2, 0.25) is 0 Å². The minimum Gasteiger partial charge on any atom is -0.344 e. The van der Waals surface area contributed by atoms with Crippen molar-refractivity contribution < 1.29 is 22.4 Å². The molecule has 0 fully saturated rings. The van der Waals surface area contributed by atoms with Crippen molar-refractivity contribution in [2.24, 2.45) is 0 Å². The fraction of sp³-hybridized carbons (Fsp3) is 0.182. The van der Waals surface area contributed by atoms with Gasteiger partial charge in [-0.25, -0.2) is 17.1 Å². The fourth-order valence-electron chi connectivity index (χ4n) is 3.70. The first-order valence-electron chi connectivity index (χ1n) is 9.30. The van der Waals surface area contributed by atoms with E-state index >= 15 is 0 Å². The van der Waals surface area contributed by atoms with Crippen LogP contribution in [0.3, 0.4) is 0 Å². The number of aryl methyl sites for hydroxylation is 1. The third-order valence-corrected chi connectivity index (χ3v) is 7.11. The van der Waals surface area contributed by atoms with E-state index in [0.717, 1.165) is 11.3 Å². The molecule has 3 aromatic rings. The van der Waals surface area contributed by atoms with Crippen LogP contribution in [-0.2, 0) is 16.6 Å². The summed E-state index contributed by atoms with van der Waals surface area (Å²) in [6.45, 7) is 3.48. The lowest BCUT2D eigenvalue weighted by Crippen LogP contribution is -2.35. The number of ketones is 1. The molecule has 0 N–H and O–H groups in total. The number of Topliss-reactive ketones (excluding diaryl/α,β-unsaturated/α-hetero) is 1. The average molecular weight is 426 g/mol. The van der Waals surface area contributed by atoms with Gasteiger partial charge >= 0.3 is 0 Å². The number of hydrogen-bond donors (Lipinski definition) is 0. The number of rotatable bonds is 5. The minimum atomic E-state index is -4.05. The maximum absolute atomic E-state index is 13.1. The number of carbonyl (C=O) groups is 2. The summed E-state index contributed by atoms with van der Waals surface area (Å²) in [5.41, 5.74) is 2.76. The van der Waals surface area contributed by atoms with Gasteiger partial charge in [0.25, 0.3) is 15.9 Å². The Morgan fingerprint density at radius 1 is 1.03 bits per heavy atom. The molecule has 1 amide bonds. The van der Waals surface area contributed by atoms with E-state index in [2.05, 4.69) is 0 Å². The van der Waals surface area contributed by atoms with Gasteiger partial charge in [0.1, 0.15) is 17.3 Å². The molecule has 2 heterocycles. The van der Waals surface area contributed by atoms with Crippen molar-refractivity contribution >= 4 is 21.7 Å². The zero-order valence-electron chi connectivity index (χ0n) is 16.4. The molecular formula is C22H19FN2O4S. The minimum absolute atomic E-state index is 0.0760. The first-order chi connectivity index (χ1) is 14.2. The second-order valence-corrected chi connectivity index (χ2v) is 9.06. The number of benzene rings is 2. The van der Waals surface area contributed by atoms with E-state index in [-0.39, 0.29) is 16.3 Å². The maximum Gasteiger partial charge on any atom is 0.269 e. The van der Waals surface area contributed by atoms with Gasteiger partial charge in [0.2, 0.25) is 0 Å². The predicted octanol–water partition coefficient (Wildman–Crippen LogP) is 3.32. The Balaban J connectivity index is 1.61. The van der Waals surface area contributed by atoms with E-state index in [0.29, 0.717) is 22.1 Å². The summed E-state index contributed by atoms with van der Waals surface area (Å²) in [5.74, 6) is -1.48. The number of nitrogens with zero attached hydrogens (tertiary/aromatic N) is 2. The second kappa shape index (κ2) is 7.21. The summed E-state index contributed by atoms with van der Waals surface area (Å²) >= 11 is 0. The SMILES string of the molecule is Cc1cc(C(=O)CN2C(=O)c3ccccc3S2(=O)=O)c(C)n1Cc1ccc(F)cc1. The molecule has 0 unspecified atom stereocenters. The average Bonchev–Trinajstić information content (AvgIpc) is 3.10. The smallest absolute Gasteiger partial charge is 0.269 e. The topological polar surface area (TPSA) is 76.5 Å². The Morgan fingerprint density at radius 3 is 2.37 bits per heavy atom. The molecule has 0 atom stereocenters. The largest absolute Gasteiger partial charge is 0.344 e. The molecule has 2 aromatic carbocycles. The van der Waals surface area contributed by atoms with Crippen LogP contribution in [0.15, 0.2) is 59.5 Å². The van der Waals surface area contributed by atoms with Crippen LogP contribution in [0, 0.1) is 19.7 Å².